The molecule has 1 amide bonds. The van der Waals surface area contributed by atoms with E-state index in [2.05, 4.69) is 39.5 Å². The molecule has 0 bridgehead atoms. The van der Waals surface area contributed by atoms with Gasteiger partial charge in [0, 0.05) is 43.4 Å². The molecular weight excluding hydrogens is 380 g/mol. The van der Waals surface area contributed by atoms with Crippen LogP contribution in [-0.2, 0) is 17.6 Å². The van der Waals surface area contributed by atoms with Crippen molar-refractivity contribution < 1.29 is 4.79 Å². The highest BCUT2D eigenvalue weighted by Gasteiger charge is 2.29. The molecule has 2 aromatic rings. The summed E-state index contributed by atoms with van der Waals surface area (Å²) in [5.41, 5.74) is 1.49. The van der Waals surface area contributed by atoms with Gasteiger partial charge in [-0.2, -0.15) is 0 Å². The molecule has 1 saturated heterocycles. The number of rotatable bonds is 4. The second-order valence-electron chi connectivity index (χ2n) is 9.56. The summed E-state index contributed by atoms with van der Waals surface area (Å²) in [5.74, 6) is 3.82. The monoisotopic (exact) mass is 414 g/mol. The van der Waals surface area contributed by atoms with Crippen LogP contribution >= 0.6 is 11.3 Å². The van der Waals surface area contributed by atoms with Crippen molar-refractivity contribution in [3.8, 4) is 0 Å². The number of carbonyl (C=O) groups is 1. The zero-order valence-electron chi connectivity index (χ0n) is 18.5. The Bertz CT molecular complexity index is 896. The number of nitrogens with zero attached hydrogens (tertiary/aromatic N) is 4. The highest BCUT2D eigenvalue weighted by molar-refractivity contribution is 7.19. The molecule has 5 nitrogen and oxygen atoms in total. The molecule has 0 unspecified atom stereocenters. The molecule has 1 aliphatic carbocycles. The molecule has 0 aromatic carbocycles. The average Bonchev–Trinajstić information content (AvgIpc) is 3.04. The maximum Gasteiger partial charge on any atom is 0.222 e. The van der Waals surface area contributed by atoms with Crippen LogP contribution in [0.1, 0.15) is 69.6 Å². The minimum atomic E-state index is 0.289. The van der Waals surface area contributed by atoms with E-state index in [0.717, 1.165) is 55.0 Å². The number of hydrogen-bond acceptors (Lipinski definition) is 5. The molecule has 0 N–H and O–H groups in total. The molecular formula is C23H34N4OS. The van der Waals surface area contributed by atoms with Crippen molar-refractivity contribution in [2.75, 3.05) is 31.1 Å². The van der Waals surface area contributed by atoms with Gasteiger partial charge in [-0.15, -0.1) is 11.3 Å². The average molecular weight is 415 g/mol. The minimum Gasteiger partial charge on any atom is -0.352 e. The van der Waals surface area contributed by atoms with Crippen LogP contribution in [0.2, 0.25) is 0 Å². The molecule has 1 fully saturated rings. The number of fused-ring (bicyclic) bond motifs is 3. The first-order valence-electron chi connectivity index (χ1n) is 11.2. The van der Waals surface area contributed by atoms with Gasteiger partial charge in [0.25, 0.3) is 0 Å². The van der Waals surface area contributed by atoms with Crippen LogP contribution < -0.4 is 4.90 Å². The maximum absolute atomic E-state index is 12.5. The Morgan fingerprint density at radius 1 is 1.14 bits per heavy atom. The molecule has 0 radical (unpaired) electrons. The van der Waals surface area contributed by atoms with E-state index in [4.69, 9.17) is 9.97 Å². The number of anilines is 1. The summed E-state index contributed by atoms with van der Waals surface area (Å²) < 4.78 is 0. The van der Waals surface area contributed by atoms with E-state index in [-0.39, 0.29) is 5.91 Å². The Balaban J connectivity index is 1.65. The van der Waals surface area contributed by atoms with Crippen LogP contribution in [-0.4, -0.2) is 47.0 Å². The number of hydrogen-bond donors (Lipinski definition) is 0. The number of piperazine rings is 1. The van der Waals surface area contributed by atoms with Gasteiger partial charge in [0.2, 0.25) is 5.91 Å². The van der Waals surface area contributed by atoms with Crippen molar-refractivity contribution in [3.63, 3.8) is 0 Å². The van der Waals surface area contributed by atoms with Crippen LogP contribution in [0.25, 0.3) is 10.2 Å². The van der Waals surface area contributed by atoms with Gasteiger partial charge in [-0.25, -0.2) is 9.97 Å². The van der Waals surface area contributed by atoms with E-state index < -0.39 is 0 Å². The molecule has 2 aromatic heterocycles. The van der Waals surface area contributed by atoms with Crippen LogP contribution in [0.15, 0.2) is 0 Å². The predicted octanol–water partition coefficient (Wildman–Crippen LogP) is 4.63. The fourth-order valence-electron chi connectivity index (χ4n) is 4.47. The Morgan fingerprint density at radius 3 is 2.52 bits per heavy atom. The molecule has 3 heterocycles. The summed E-state index contributed by atoms with van der Waals surface area (Å²) in [7, 11) is 0. The lowest BCUT2D eigenvalue weighted by atomic mass is 9.89. The Labute approximate surface area is 178 Å². The van der Waals surface area contributed by atoms with Gasteiger partial charge < -0.3 is 9.80 Å². The smallest absolute Gasteiger partial charge is 0.222 e. The van der Waals surface area contributed by atoms with Crippen molar-refractivity contribution in [2.24, 2.45) is 11.8 Å². The molecule has 29 heavy (non-hydrogen) atoms. The number of amides is 1. The van der Waals surface area contributed by atoms with E-state index in [0.29, 0.717) is 18.3 Å². The predicted molar refractivity (Wildman–Crippen MR) is 121 cm³/mol. The third-order valence-electron chi connectivity index (χ3n) is 6.18. The zero-order valence-corrected chi connectivity index (χ0v) is 19.3. The second-order valence-corrected chi connectivity index (χ2v) is 10.6. The normalized spacial score (nSPS) is 20.0. The molecule has 2 aliphatic rings. The van der Waals surface area contributed by atoms with E-state index in [9.17, 15) is 4.79 Å². The summed E-state index contributed by atoms with van der Waals surface area (Å²) in [4.78, 5) is 29.6. The topological polar surface area (TPSA) is 49.3 Å². The Morgan fingerprint density at radius 2 is 1.86 bits per heavy atom. The lowest BCUT2D eigenvalue weighted by Crippen LogP contribution is -2.49. The van der Waals surface area contributed by atoms with Gasteiger partial charge in [0.05, 0.1) is 5.39 Å². The first kappa shape index (κ1) is 20.6. The summed E-state index contributed by atoms with van der Waals surface area (Å²) in [6.07, 6.45) is 4.21. The minimum absolute atomic E-state index is 0.289. The fraction of sp³-hybridized carbons (Fsp3) is 0.696. The largest absolute Gasteiger partial charge is 0.352 e. The summed E-state index contributed by atoms with van der Waals surface area (Å²) in [5, 5.41) is 1.29. The van der Waals surface area contributed by atoms with Crippen LogP contribution in [0.3, 0.4) is 0 Å². The van der Waals surface area contributed by atoms with Crippen molar-refractivity contribution in [3.05, 3.63) is 16.3 Å². The molecule has 0 spiro atoms. The van der Waals surface area contributed by atoms with E-state index >= 15 is 0 Å². The lowest BCUT2D eigenvalue weighted by molar-refractivity contribution is -0.132. The number of aryl methyl sites for hydroxylation is 1. The first-order valence-corrected chi connectivity index (χ1v) is 12.0. The Hall–Kier alpha value is -1.69. The molecule has 1 aliphatic heterocycles. The summed E-state index contributed by atoms with van der Waals surface area (Å²) in [6, 6.07) is 0. The van der Waals surface area contributed by atoms with Crippen LogP contribution in [0.4, 0.5) is 5.82 Å². The van der Waals surface area contributed by atoms with Crippen LogP contribution in [0.5, 0.6) is 0 Å². The van der Waals surface area contributed by atoms with Gasteiger partial charge in [-0.3, -0.25) is 4.79 Å². The Kier molecular flexibility index (Phi) is 5.83. The van der Waals surface area contributed by atoms with Crippen molar-refractivity contribution >= 4 is 33.3 Å². The molecule has 0 saturated carbocycles. The SMILES string of the molecule is CC(C)CC(=O)N1CCN(c2nc(C(C)C)nc3sc4c(c23)CC[C@H](C)C4)CC1. The molecule has 4 rings (SSSR count). The standard InChI is InChI=1S/C23H34N4OS/c1-14(2)12-19(28)26-8-10-27(11-9-26)22-20-17-7-6-16(5)13-18(17)29-23(20)25-21(24-22)15(3)4/h14-16H,6-13H2,1-5H3/t16-/m0/s1. The first-order chi connectivity index (χ1) is 13.8. The van der Waals surface area contributed by atoms with Crippen molar-refractivity contribution in [2.45, 2.75) is 66.2 Å². The zero-order chi connectivity index (χ0) is 20.7. The van der Waals surface area contributed by atoms with Crippen molar-refractivity contribution in [1.29, 1.82) is 0 Å². The van der Waals surface area contributed by atoms with Gasteiger partial charge in [-0.05, 0) is 36.7 Å². The number of thiophene rings is 1. The van der Waals surface area contributed by atoms with E-state index in [1.54, 1.807) is 0 Å². The highest BCUT2D eigenvalue weighted by Crippen LogP contribution is 2.41. The van der Waals surface area contributed by atoms with E-state index in [1.165, 1.54) is 28.7 Å². The molecule has 1 atom stereocenters. The van der Waals surface area contributed by atoms with Gasteiger partial charge in [0.15, 0.2) is 0 Å². The van der Waals surface area contributed by atoms with Crippen LogP contribution in [0, 0.1) is 11.8 Å². The number of carbonyl (C=O) groups excluding carboxylic acids is 1. The number of aromatic nitrogens is 2. The summed E-state index contributed by atoms with van der Waals surface area (Å²) >= 11 is 1.88. The highest BCUT2D eigenvalue weighted by atomic mass is 32.1. The lowest BCUT2D eigenvalue weighted by Gasteiger charge is -2.36. The molecule has 158 valence electrons. The molecule has 6 heteroatoms. The maximum atomic E-state index is 12.5. The summed E-state index contributed by atoms with van der Waals surface area (Å²) in [6.45, 7) is 14.2. The van der Waals surface area contributed by atoms with Crippen molar-refractivity contribution in [1.82, 2.24) is 14.9 Å². The third-order valence-corrected chi connectivity index (χ3v) is 7.33. The van der Waals surface area contributed by atoms with Gasteiger partial charge in [-0.1, -0.05) is 34.6 Å². The second kappa shape index (κ2) is 8.21. The fourth-order valence-corrected chi connectivity index (χ4v) is 5.86. The van der Waals surface area contributed by atoms with E-state index in [1.807, 2.05) is 16.2 Å². The quantitative estimate of drug-likeness (QED) is 0.732. The van der Waals surface area contributed by atoms with Gasteiger partial charge >= 0.3 is 0 Å². The van der Waals surface area contributed by atoms with Gasteiger partial charge in [0.1, 0.15) is 16.5 Å². The third kappa shape index (κ3) is 4.14.